The minimum Gasteiger partial charge on any atom is -0.411 e. The lowest BCUT2D eigenvalue weighted by atomic mass is 10.1. The summed E-state index contributed by atoms with van der Waals surface area (Å²) in [6.45, 7) is 3.47. The number of hydrogen-bond donors (Lipinski definition) is 1. The van der Waals surface area contributed by atoms with Crippen LogP contribution in [-0.2, 0) is 10.1 Å². The van der Waals surface area contributed by atoms with Gasteiger partial charge in [-0.15, -0.1) is 0 Å². The lowest BCUT2D eigenvalue weighted by Crippen LogP contribution is -2.11. The Labute approximate surface area is 123 Å². The second-order valence-electron chi connectivity index (χ2n) is 4.58. The standard InChI is InChI=1S/C15H15NO4S/c1-11-8-13(10-16-17)9-12(2)15(11)20-21(18,19)14-6-4-3-5-7-14/h3-10,17H,1-2H3/b16-10+. The predicted octanol–water partition coefficient (Wildman–Crippen LogP) is 2.88. The van der Waals surface area contributed by atoms with Crippen LogP contribution in [0.25, 0.3) is 0 Å². The molecular weight excluding hydrogens is 290 g/mol. The molecule has 0 fully saturated rings. The molecule has 110 valence electrons. The maximum Gasteiger partial charge on any atom is 0.339 e. The fourth-order valence-corrected chi connectivity index (χ4v) is 3.07. The summed E-state index contributed by atoms with van der Waals surface area (Å²) in [5, 5.41) is 11.5. The van der Waals surface area contributed by atoms with Crippen molar-refractivity contribution >= 4 is 16.3 Å². The molecule has 6 heteroatoms. The summed E-state index contributed by atoms with van der Waals surface area (Å²) < 4.78 is 29.7. The Morgan fingerprint density at radius 2 is 1.67 bits per heavy atom. The molecule has 0 radical (unpaired) electrons. The molecule has 0 atom stereocenters. The summed E-state index contributed by atoms with van der Waals surface area (Å²) in [6, 6.07) is 11.3. The third-order valence-electron chi connectivity index (χ3n) is 2.91. The quantitative estimate of drug-likeness (QED) is 0.408. The van der Waals surface area contributed by atoms with Gasteiger partial charge < -0.3 is 9.39 Å². The first kappa shape index (κ1) is 15.1. The fraction of sp³-hybridized carbons (Fsp3) is 0.133. The fourth-order valence-electron chi connectivity index (χ4n) is 2.00. The summed E-state index contributed by atoms with van der Waals surface area (Å²) in [6.07, 6.45) is 1.27. The molecule has 0 saturated heterocycles. The Bertz CT molecular complexity index is 745. The van der Waals surface area contributed by atoms with Crippen LogP contribution < -0.4 is 4.18 Å². The van der Waals surface area contributed by atoms with E-state index in [1.807, 2.05) is 0 Å². The minimum absolute atomic E-state index is 0.102. The Kier molecular flexibility index (Phi) is 4.28. The number of rotatable bonds is 4. The smallest absolute Gasteiger partial charge is 0.339 e. The highest BCUT2D eigenvalue weighted by Gasteiger charge is 2.19. The Morgan fingerprint density at radius 1 is 1.10 bits per heavy atom. The number of aryl methyl sites for hydroxylation is 2. The van der Waals surface area contributed by atoms with Crippen molar-refractivity contribution < 1.29 is 17.8 Å². The van der Waals surface area contributed by atoms with Crippen molar-refractivity contribution in [3.63, 3.8) is 0 Å². The van der Waals surface area contributed by atoms with Gasteiger partial charge in [-0.3, -0.25) is 0 Å². The minimum atomic E-state index is -3.87. The molecule has 0 heterocycles. The maximum atomic E-state index is 12.2. The lowest BCUT2D eigenvalue weighted by molar-refractivity contribution is 0.322. The molecule has 21 heavy (non-hydrogen) atoms. The Hall–Kier alpha value is -2.34. The molecule has 1 N–H and O–H groups in total. The molecule has 2 aromatic carbocycles. The summed E-state index contributed by atoms with van der Waals surface area (Å²) in [5.41, 5.74) is 1.95. The highest BCUT2D eigenvalue weighted by atomic mass is 32.2. The van der Waals surface area contributed by atoms with Gasteiger partial charge in [0.1, 0.15) is 10.6 Å². The van der Waals surface area contributed by atoms with E-state index in [2.05, 4.69) is 5.16 Å². The lowest BCUT2D eigenvalue weighted by Gasteiger charge is -2.12. The second kappa shape index (κ2) is 5.97. The molecular formula is C15H15NO4S. The number of hydrogen-bond acceptors (Lipinski definition) is 5. The third-order valence-corrected chi connectivity index (χ3v) is 4.15. The van der Waals surface area contributed by atoms with Gasteiger partial charge in [0, 0.05) is 0 Å². The molecule has 0 amide bonds. The Morgan fingerprint density at radius 3 is 2.19 bits per heavy atom. The number of oxime groups is 1. The molecule has 0 unspecified atom stereocenters. The molecule has 0 saturated carbocycles. The van der Waals surface area contributed by atoms with Crippen LogP contribution in [0.15, 0.2) is 52.5 Å². The van der Waals surface area contributed by atoms with Crippen molar-refractivity contribution in [3.05, 3.63) is 59.2 Å². The molecule has 0 aliphatic heterocycles. The maximum absolute atomic E-state index is 12.2. The van der Waals surface area contributed by atoms with Crippen molar-refractivity contribution in [1.82, 2.24) is 0 Å². The van der Waals surface area contributed by atoms with E-state index in [-0.39, 0.29) is 10.6 Å². The monoisotopic (exact) mass is 305 g/mol. The summed E-state index contributed by atoms with van der Waals surface area (Å²) in [4.78, 5) is 0.102. The average molecular weight is 305 g/mol. The van der Waals surface area contributed by atoms with Crippen molar-refractivity contribution in [1.29, 1.82) is 0 Å². The highest BCUT2D eigenvalue weighted by molar-refractivity contribution is 7.87. The zero-order valence-electron chi connectivity index (χ0n) is 11.6. The molecule has 0 bridgehead atoms. The van der Waals surface area contributed by atoms with Gasteiger partial charge >= 0.3 is 10.1 Å². The van der Waals surface area contributed by atoms with Gasteiger partial charge in [-0.25, -0.2) is 0 Å². The number of benzene rings is 2. The zero-order chi connectivity index (χ0) is 15.5. The molecule has 2 rings (SSSR count). The average Bonchev–Trinajstić information content (AvgIpc) is 2.44. The van der Waals surface area contributed by atoms with Crippen LogP contribution in [0.1, 0.15) is 16.7 Å². The molecule has 0 aliphatic rings. The van der Waals surface area contributed by atoms with E-state index in [0.29, 0.717) is 16.7 Å². The van der Waals surface area contributed by atoms with Gasteiger partial charge in [-0.2, -0.15) is 8.42 Å². The molecule has 0 aromatic heterocycles. The van der Waals surface area contributed by atoms with Gasteiger partial charge in [0.15, 0.2) is 0 Å². The third kappa shape index (κ3) is 3.41. The molecule has 5 nitrogen and oxygen atoms in total. The topological polar surface area (TPSA) is 76.0 Å². The van der Waals surface area contributed by atoms with E-state index in [1.54, 1.807) is 44.2 Å². The van der Waals surface area contributed by atoms with Gasteiger partial charge in [-0.1, -0.05) is 23.4 Å². The van der Waals surface area contributed by atoms with E-state index in [1.165, 1.54) is 18.3 Å². The van der Waals surface area contributed by atoms with Crippen LogP contribution in [0.3, 0.4) is 0 Å². The van der Waals surface area contributed by atoms with E-state index >= 15 is 0 Å². The van der Waals surface area contributed by atoms with Crippen molar-refractivity contribution in [3.8, 4) is 5.75 Å². The van der Waals surface area contributed by atoms with Crippen LogP contribution >= 0.6 is 0 Å². The first-order chi connectivity index (χ1) is 9.94. The van der Waals surface area contributed by atoms with Crippen molar-refractivity contribution in [2.75, 3.05) is 0 Å². The van der Waals surface area contributed by atoms with Gasteiger partial charge in [-0.05, 0) is 54.8 Å². The number of nitrogens with zero attached hydrogens (tertiary/aromatic N) is 1. The second-order valence-corrected chi connectivity index (χ2v) is 6.13. The van der Waals surface area contributed by atoms with Crippen LogP contribution in [0.4, 0.5) is 0 Å². The van der Waals surface area contributed by atoms with E-state index < -0.39 is 10.1 Å². The van der Waals surface area contributed by atoms with Crippen LogP contribution in [0, 0.1) is 13.8 Å². The van der Waals surface area contributed by atoms with Crippen LogP contribution in [0.5, 0.6) is 5.75 Å². The summed E-state index contributed by atoms with van der Waals surface area (Å²) >= 11 is 0. The predicted molar refractivity (Wildman–Crippen MR) is 79.6 cm³/mol. The first-order valence-corrected chi connectivity index (χ1v) is 7.63. The largest absolute Gasteiger partial charge is 0.411 e. The van der Waals surface area contributed by atoms with Crippen LogP contribution in [0.2, 0.25) is 0 Å². The van der Waals surface area contributed by atoms with Gasteiger partial charge in [0.2, 0.25) is 0 Å². The Balaban J connectivity index is 2.41. The first-order valence-electron chi connectivity index (χ1n) is 6.22. The van der Waals surface area contributed by atoms with E-state index in [0.717, 1.165) is 0 Å². The zero-order valence-corrected chi connectivity index (χ0v) is 12.5. The van der Waals surface area contributed by atoms with Crippen molar-refractivity contribution in [2.24, 2.45) is 5.16 Å². The molecule has 2 aromatic rings. The normalized spacial score (nSPS) is 11.7. The summed E-state index contributed by atoms with van der Waals surface area (Å²) in [5.74, 6) is 0.286. The molecule has 0 spiro atoms. The highest BCUT2D eigenvalue weighted by Crippen LogP contribution is 2.27. The summed E-state index contributed by atoms with van der Waals surface area (Å²) in [7, 11) is -3.87. The van der Waals surface area contributed by atoms with Gasteiger partial charge in [0.25, 0.3) is 0 Å². The van der Waals surface area contributed by atoms with E-state index in [9.17, 15) is 8.42 Å². The van der Waals surface area contributed by atoms with Crippen molar-refractivity contribution in [2.45, 2.75) is 18.7 Å². The molecule has 0 aliphatic carbocycles. The SMILES string of the molecule is Cc1cc(/C=N/O)cc(C)c1OS(=O)(=O)c1ccccc1. The van der Waals surface area contributed by atoms with Gasteiger partial charge in [0.05, 0.1) is 6.21 Å². The van der Waals surface area contributed by atoms with E-state index in [4.69, 9.17) is 9.39 Å². The van der Waals surface area contributed by atoms with Crippen LogP contribution in [-0.4, -0.2) is 19.8 Å².